The summed E-state index contributed by atoms with van der Waals surface area (Å²) in [4.78, 5) is 31.8. The highest BCUT2D eigenvalue weighted by Crippen LogP contribution is 2.24. The summed E-state index contributed by atoms with van der Waals surface area (Å²) in [5, 5.41) is 5.71. The molecule has 0 aliphatic carbocycles. The number of urea groups is 1. The Bertz CT molecular complexity index is 1220. The maximum absolute atomic E-state index is 13.1. The van der Waals surface area contributed by atoms with Crippen LogP contribution in [0.2, 0.25) is 0 Å². The summed E-state index contributed by atoms with van der Waals surface area (Å²) >= 11 is 0. The lowest BCUT2D eigenvalue weighted by molar-refractivity contribution is -0.117. The molecule has 0 saturated heterocycles. The topological polar surface area (TPSA) is 92.4 Å². The highest BCUT2D eigenvalue weighted by molar-refractivity contribution is 5.93. The van der Waals surface area contributed by atoms with Crippen LogP contribution in [0.15, 0.2) is 89.7 Å². The van der Waals surface area contributed by atoms with Gasteiger partial charge in [0.05, 0.1) is 18.5 Å². The first-order valence-corrected chi connectivity index (χ1v) is 11.1. The molecule has 0 unspecified atom stereocenters. The van der Waals surface area contributed by atoms with Crippen LogP contribution in [-0.4, -0.2) is 39.0 Å². The van der Waals surface area contributed by atoms with Crippen molar-refractivity contribution in [2.75, 3.05) is 11.9 Å². The van der Waals surface area contributed by atoms with Gasteiger partial charge in [-0.05, 0) is 38.1 Å². The number of para-hydroxylation sites is 1. The van der Waals surface area contributed by atoms with Gasteiger partial charge in [0, 0.05) is 23.5 Å². The number of rotatable bonds is 8. The summed E-state index contributed by atoms with van der Waals surface area (Å²) in [6, 6.07) is 22.5. The van der Waals surface area contributed by atoms with Crippen LogP contribution in [-0.2, 0) is 11.3 Å². The molecule has 0 bridgehead atoms. The molecule has 0 spiro atoms. The molecule has 2 N–H and O–H groups in total. The number of benzene rings is 2. The van der Waals surface area contributed by atoms with Crippen LogP contribution < -0.4 is 10.6 Å². The van der Waals surface area contributed by atoms with Gasteiger partial charge < -0.3 is 14.6 Å². The Hall–Kier alpha value is -4.33. The molecule has 0 saturated carbocycles. The Kier molecular flexibility index (Phi) is 7.07. The third-order valence-corrected chi connectivity index (χ3v) is 5.02. The van der Waals surface area contributed by atoms with Crippen molar-refractivity contribution in [2.24, 2.45) is 0 Å². The molecule has 0 aliphatic heterocycles. The summed E-state index contributed by atoms with van der Waals surface area (Å²) in [5.74, 6) is 0.592. The third-order valence-electron chi connectivity index (χ3n) is 5.02. The van der Waals surface area contributed by atoms with Gasteiger partial charge in [-0.1, -0.05) is 48.5 Å². The fourth-order valence-electron chi connectivity index (χ4n) is 3.47. The van der Waals surface area contributed by atoms with Crippen molar-refractivity contribution in [3.8, 4) is 16.9 Å². The van der Waals surface area contributed by atoms with Crippen molar-refractivity contribution in [1.82, 2.24) is 19.8 Å². The second-order valence-corrected chi connectivity index (χ2v) is 8.11. The molecule has 4 aromatic rings. The first kappa shape index (κ1) is 22.8. The van der Waals surface area contributed by atoms with E-state index in [1.165, 1.54) is 11.2 Å². The summed E-state index contributed by atoms with van der Waals surface area (Å²) in [6.07, 6.45) is 3.42. The van der Waals surface area contributed by atoms with Crippen LogP contribution in [0.3, 0.4) is 0 Å². The van der Waals surface area contributed by atoms with E-state index in [1.54, 1.807) is 12.1 Å². The van der Waals surface area contributed by atoms with E-state index in [-0.39, 0.29) is 31.1 Å². The van der Waals surface area contributed by atoms with Crippen LogP contribution in [0, 0.1) is 0 Å². The highest BCUT2D eigenvalue weighted by Gasteiger charge is 2.21. The van der Waals surface area contributed by atoms with E-state index in [1.807, 2.05) is 85.3 Å². The zero-order chi connectivity index (χ0) is 23.9. The van der Waals surface area contributed by atoms with E-state index < -0.39 is 0 Å². The van der Waals surface area contributed by atoms with Gasteiger partial charge in [0.25, 0.3) is 0 Å². The Balaban J connectivity index is 1.58. The lowest BCUT2D eigenvalue weighted by Gasteiger charge is -2.23. The van der Waals surface area contributed by atoms with Crippen LogP contribution >= 0.6 is 0 Å². The summed E-state index contributed by atoms with van der Waals surface area (Å²) in [5.41, 5.74) is 2.52. The monoisotopic (exact) mass is 457 g/mol. The molecular formula is C26H27N5O3. The number of carbonyl (C=O) groups excluding carboxylic acids is 2. The number of hydrogen-bond donors (Lipinski definition) is 2. The Morgan fingerprint density at radius 1 is 1.00 bits per heavy atom. The third kappa shape index (κ3) is 5.72. The number of carbonyl (C=O) groups is 2. The minimum atomic E-state index is -0.368. The van der Waals surface area contributed by atoms with Crippen molar-refractivity contribution in [3.05, 3.63) is 91.0 Å². The molecule has 34 heavy (non-hydrogen) atoms. The predicted octanol–water partition coefficient (Wildman–Crippen LogP) is 4.69. The molecule has 0 atom stereocenters. The van der Waals surface area contributed by atoms with Gasteiger partial charge in [-0.25, -0.2) is 9.78 Å². The van der Waals surface area contributed by atoms with E-state index in [2.05, 4.69) is 15.6 Å². The SMILES string of the molecule is CC(C)NC(=O)N(CC(=O)Nc1nc(-c2ccccc2)cn1-c1ccccc1)Cc1ccco1. The van der Waals surface area contributed by atoms with Crippen LogP contribution in [0.1, 0.15) is 19.6 Å². The fourth-order valence-corrected chi connectivity index (χ4v) is 3.47. The zero-order valence-corrected chi connectivity index (χ0v) is 19.1. The van der Waals surface area contributed by atoms with Crippen molar-refractivity contribution in [2.45, 2.75) is 26.4 Å². The van der Waals surface area contributed by atoms with Crippen molar-refractivity contribution in [1.29, 1.82) is 0 Å². The summed E-state index contributed by atoms with van der Waals surface area (Å²) in [7, 11) is 0. The number of furan rings is 1. The number of anilines is 1. The average molecular weight is 458 g/mol. The minimum Gasteiger partial charge on any atom is -0.467 e. The fraction of sp³-hybridized carbons (Fsp3) is 0.192. The lowest BCUT2D eigenvalue weighted by Crippen LogP contribution is -2.45. The van der Waals surface area contributed by atoms with E-state index in [0.717, 1.165) is 16.9 Å². The van der Waals surface area contributed by atoms with Gasteiger partial charge in [0.1, 0.15) is 12.3 Å². The standard InChI is InChI=1S/C26H27N5O3/c1-19(2)27-26(33)30(16-22-14-9-15-34-22)18-24(32)29-25-28-23(20-10-5-3-6-11-20)17-31(25)21-12-7-4-8-13-21/h3-15,17,19H,16,18H2,1-2H3,(H,27,33)(H,28,29,32). The molecule has 0 radical (unpaired) electrons. The molecule has 4 rings (SSSR count). The molecule has 0 aliphatic rings. The molecule has 0 fully saturated rings. The van der Waals surface area contributed by atoms with Crippen molar-refractivity contribution in [3.63, 3.8) is 0 Å². The maximum Gasteiger partial charge on any atom is 0.318 e. The van der Waals surface area contributed by atoms with Crippen LogP contribution in [0.5, 0.6) is 0 Å². The zero-order valence-electron chi connectivity index (χ0n) is 19.1. The number of imidazole rings is 1. The van der Waals surface area contributed by atoms with Crippen molar-refractivity contribution >= 4 is 17.9 Å². The van der Waals surface area contributed by atoms with E-state index in [4.69, 9.17) is 4.42 Å². The number of amides is 3. The Morgan fingerprint density at radius 2 is 1.71 bits per heavy atom. The largest absolute Gasteiger partial charge is 0.467 e. The number of nitrogens with zero attached hydrogens (tertiary/aromatic N) is 3. The molecule has 2 aromatic carbocycles. The van der Waals surface area contributed by atoms with Gasteiger partial charge in [0.15, 0.2) is 0 Å². The first-order valence-electron chi connectivity index (χ1n) is 11.1. The Morgan fingerprint density at radius 3 is 2.35 bits per heavy atom. The van der Waals surface area contributed by atoms with Gasteiger partial charge in [0.2, 0.25) is 11.9 Å². The van der Waals surface area contributed by atoms with Gasteiger partial charge in [-0.3, -0.25) is 14.7 Å². The molecule has 2 heterocycles. The number of nitrogens with one attached hydrogen (secondary N) is 2. The quantitative estimate of drug-likeness (QED) is 0.401. The van der Waals surface area contributed by atoms with E-state index in [0.29, 0.717) is 11.7 Å². The second-order valence-electron chi connectivity index (χ2n) is 8.11. The summed E-state index contributed by atoms with van der Waals surface area (Å²) in [6.45, 7) is 3.73. The average Bonchev–Trinajstić information content (AvgIpc) is 3.49. The molecule has 8 nitrogen and oxygen atoms in total. The Labute approximate surface area is 198 Å². The molecule has 8 heteroatoms. The molecule has 3 amide bonds. The molecule has 174 valence electrons. The second kappa shape index (κ2) is 10.5. The van der Waals surface area contributed by atoms with Gasteiger partial charge in [-0.15, -0.1) is 0 Å². The molecular weight excluding hydrogens is 430 g/mol. The van der Waals surface area contributed by atoms with Gasteiger partial charge >= 0.3 is 6.03 Å². The van der Waals surface area contributed by atoms with Crippen LogP contribution in [0.4, 0.5) is 10.7 Å². The first-order chi connectivity index (χ1) is 16.5. The summed E-state index contributed by atoms with van der Waals surface area (Å²) < 4.78 is 7.20. The maximum atomic E-state index is 13.1. The number of hydrogen-bond acceptors (Lipinski definition) is 4. The predicted molar refractivity (Wildman–Crippen MR) is 130 cm³/mol. The minimum absolute atomic E-state index is 0.0694. The van der Waals surface area contributed by atoms with E-state index >= 15 is 0 Å². The smallest absolute Gasteiger partial charge is 0.318 e. The van der Waals surface area contributed by atoms with E-state index in [9.17, 15) is 9.59 Å². The molecule has 2 aromatic heterocycles. The number of aromatic nitrogens is 2. The highest BCUT2D eigenvalue weighted by atomic mass is 16.3. The van der Waals surface area contributed by atoms with Gasteiger partial charge in [-0.2, -0.15) is 0 Å². The van der Waals surface area contributed by atoms with Crippen molar-refractivity contribution < 1.29 is 14.0 Å². The van der Waals surface area contributed by atoms with Crippen LogP contribution in [0.25, 0.3) is 16.9 Å². The normalized spacial score (nSPS) is 10.8. The lowest BCUT2D eigenvalue weighted by atomic mass is 10.2.